The second-order valence-corrected chi connectivity index (χ2v) is 3.59. The molecule has 1 rings (SSSR count). The van der Waals surface area contributed by atoms with Gasteiger partial charge in [-0.3, -0.25) is 4.79 Å². The molecular weight excluding hydrogens is 184 g/mol. The third-order valence-corrected chi connectivity index (χ3v) is 2.44. The van der Waals surface area contributed by atoms with E-state index in [1.165, 1.54) is 0 Å². The summed E-state index contributed by atoms with van der Waals surface area (Å²) in [6, 6.07) is -0.796. The van der Waals surface area contributed by atoms with Crippen LogP contribution in [-0.4, -0.2) is 43.4 Å². The van der Waals surface area contributed by atoms with Crippen molar-refractivity contribution in [2.45, 2.75) is 18.9 Å². The molecule has 0 aliphatic carbocycles. The van der Waals surface area contributed by atoms with Gasteiger partial charge in [-0.25, -0.2) is 0 Å². The Bertz CT molecular complexity index is 181. The van der Waals surface area contributed by atoms with Crippen LogP contribution in [0.1, 0.15) is 12.8 Å². The number of hydrogen-bond donors (Lipinski definition) is 3. The Morgan fingerprint density at radius 1 is 1.57 bits per heavy atom. The normalized spacial score (nSPS) is 20.4. The van der Waals surface area contributed by atoms with E-state index in [-0.39, 0.29) is 12.5 Å². The van der Waals surface area contributed by atoms with Crippen molar-refractivity contribution in [1.29, 1.82) is 0 Å². The zero-order valence-electron chi connectivity index (χ0n) is 8.24. The second kappa shape index (κ2) is 5.95. The van der Waals surface area contributed by atoms with Crippen LogP contribution < -0.4 is 11.1 Å². The molecule has 1 saturated heterocycles. The van der Waals surface area contributed by atoms with E-state index < -0.39 is 6.04 Å². The van der Waals surface area contributed by atoms with E-state index in [0.29, 0.717) is 12.5 Å². The fourth-order valence-electron chi connectivity index (χ4n) is 1.41. The van der Waals surface area contributed by atoms with E-state index in [9.17, 15) is 4.79 Å². The van der Waals surface area contributed by atoms with Crippen LogP contribution >= 0.6 is 0 Å². The molecule has 1 unspecified atom stereocenters. The largest absolute Gasteiger partial charge is 0.394 e. The van der Waals surface area contributed by atoms with Gasteiger partial charge in [0.05, 0.1) is 6.61 Å². The van der Waals surface area contributed by atoms with Crippen molar-refractivity contribution in [2.24, 2.45) is 11.7 Å². The van der Waals surface area contributed by atoms with Gasteiger partial charge in [0, 0.05) is 19.8 Å². The maximum absolute atomic E-state index is 11.2. The number of amides is 1. The molecule has 4 N–H and O–H groups in total. The van der Waals surface area contributed by atoms with E-state index in [2.05, 4.69) is 5.32 Å². The maximum atomic E-state index is 11.2. The zero-order chi connectivity index (χ0) is 10.4. The minimum atomic E-state index is -0.796. The molecule has 1 aliphatic rings. The monoisotopic (exact) mass is 202 g/mol. The molecule has 5 nitrogen and oxygen atoms in total. The molecule has 0 saturated carbocycles. The molecule has 1 fully saturated rings. The van der Waals surface area contributed by atoms with Crippen LogP contribution in [0.2, 0.25) is 0 Å². The van der Waals surface area contributed by atoms with E-state index >= 15 is 0 Å². The summed E-state index contributed by atoms with van der Waals surface area (Å²) in [4.78, 5) is 11.2. The van der Waals surface area contributed by atoms with Gasteiger partial charge in [-0.15, -0.1) is 0 Å². The average Bonchev–Trinajstić information content (AvgIpc) is 2.26. The first-order chi connectivity index (χ1) is 6.74. The number of ether oxygens (including phenoxy) is 1. The molecule has 0 radical (unpaired) electrons. The second-order valence-electron chi connectivity index (χ2n) is 3.59. The molecule has 0 bridgehead atoms. The first-order valence-electron chi connectivity index (χ1n) is 4.96. The topological polar surface area (TPSA) is 84.6 Å². The van der Waals surface area contributed by atoms with Gasteiger partial charge in [0.1, 0.15) is 6.04 Å². The van der Waals surface area contributed by atoms with E-state index in [1.54, 1.807) is 0 Å². The molecule has 0 aromatic rings. The number of rotatable bonds is 4. The van der Waals surface area contributed by atoms with Crippen molar-refractivity contribution in [3.05, 3.63) is 0 Å². The molecule has 1 heterocycles. The maximum Gasteiger partial charge on any atom is 0.239 e. The smallest absolute Gasteiger partial charge is 0.239 e. The molecule has 5 heteroatoms. The first kappa shape index (κ1) is 11.4. The Labute approximate surface area is 83.6 Å². The third-order valence-electron chi connectivity index (χ3n) is 2.44. The molecule has 1 aliphatic heterocycles. The van der Waals surface area contributed by atoms with Gasteiger partial charge in [-0.05, 0) is 18.8 Å². The predicted octanol–water partition coefficient (Wildman–Crippen LogP) is -1.15. The highest BCUT2D eigenvalue weighted by molar-refractivity contribution is 5.81. The minimum absolute atomic E-state index is 0.279. The third kappa shape index (κ3) is 3.61. The SMILES string of the molecule is NC(CO)C(=O)NCC1CCOCC1. The Morgan fingerprint density at radius 2 is 2.21 bits per heavy atom. The molecule has 0 aromatic carbocycles. The lowest BCUT2D eigenvalue weighted by atomic mass is 10.0. The minimum Gasteiger partial charge on any atom is -0.394 e. The lowest BCUT2D eigenvalue weighted by Gasteiger charge is -2.22. The average molecular weight is 202 g/mol. The highest BCUT2D eigenvalue weighted by atomic mass is 16.5. The van der Waals surface area contributed by atoms with Crippen molar-refractivity contribution >= 4 is 5.91 Å². The van der Waals surface area contributed by atoms with E-state index in [1.807, 2.05) is 0 Å². The number of nitrogens with one attached hydrogen (secondary N) is 1. The summed E-state index contributed by atoms with van der Waals surface area (Å²) in [6.07, 6.45) is 1.96. The van der Waals surface area contributed by atoms with Gasteiger partial charge in [0.15, 0.2) is 0 Å². The number of carbonyl (C=O) groups is 1. The van der Waals surface area contributed by atoms with Gasteiger partial charge in [0.25, 0.3) is 0 Å². The fraction of sp³-hybridized carbons (Fsp3) is 0.889. The van der Waals surface area contributed by atoms with E-state index in [4.69, 9.17) is 15.6 Å². The molecule has 1 amide bonds. The number of nitrogens with two attached hydrogens (primary N) is 1. The van der Waals surface area contributed by atoms with E-state index in [0.717, 1.165) is 26.1 Å². The van der Waals surface area contributed by atoms with Gasteiger partial charge in [-0.1, -0.05) is 0 Å². The molecular formula is C9H18N2O3. The standard InChI is InChI=1S/C9H18N2O3/c10-8(6-12)9(13)11-5-7-1-3-14-4-2-7/h7-8,12H,1-6,10H2,(H,11,13). The quantitative estimate of drug-likeness (QED) is 0.537. The van der Waals surface area contributed by atoms with Gasteiger partial charge >= 0.3 is 0 Å². The van der Waals surface area contributed by atoms with Crippen molar-refractivity contribution in [3.8, 4) is 0 Å². The van der Waals surface area contributed by atoms with Crippen LogP contribution in [-0.2, 0) is 9.53 Å². The summed E-state index contributed by atoms with van der Waals surface area (Å²) in [5.74, 6) is 0.206. The van der Waals surface area contributed by atoms with Gasteiger partial charge < -0.3 is 20.9 Å². The molecule has 1 atom stereocenters. The number of hydrogen-bond acceptors (Lipinski definition) is 4. The summed E-state index contributed by atoms with van der Waals surface area (Å²) in [5, 5.41) is 11.4. The molecule has 0 aromatic heterocycles. The Morgan fingerprint density at radius 3 is 2.79 bits per heavy atom. The summed E-state index contributed by atoms with van der Waals surface area (Å²) >= 11 is 0. The van der Waals surface area contributed by atoms with Gasteiger partial charge in [0.2, 0.25) is 5.91 Å². The zero-order valence-corrected chi connectivity index (χ0v) is 8.24. The number of aliphatic hydroxyl groups excluding tert-OH is 1. The Hall–Kier alpha value is -0.650. The van der Waals surface area contributed by atoms with Crippen LogP contribution in [0, 0.1) is 5.92 Å². The predicted molar refractivity (Wildman–Crippen MR) is 51.6 cm³/mol. The van der Waals surface area contributed by atoms with Crippen molar-refractivity contribution < 1.29 is 14.6 Å². The van der Waals surface area contributed by atoms with Crippen LogP contribution in [0.5, 0.6) is 0 Å². The molecule has 0 spiro atoms. The van der Waals surface area contributed by atoms with Crippen molar-refractivity contribution in [3.63, 3.8) is 0 Å². The van der Waals surface area contributed by atoms with Crippen LogP contribution in [0.3, 0.4) is 0 Å². The summed E-state index contributed by atoms with van der Waals surface area (Å²) in [6.45, 7) is 1.87. The number of aliphatic hydroxyl groups is 1. The van der Waals surface area contributed by atoms with Crippen LogP contribution in [0.4, 0.5) is 0 Å². The summed E-state index contributed by atoms with van der Waals surface area (Å²) < 4.78 is 5.20. The molecule has 82 valence electrons. The lowest BCUT2D eigenvalue weighted by Crippen LogP contribution is -2.45. The van der Waals surface area contributed by atoms with Gasteiger partial charge in [-0.2, -0.15) is 0 Å². The summed E-state index contributed by atoms with van der Waals surface area (Å²) in [5.41, 5.74) is 5.35. The highest BCUT2D eigenvalue weighted by Crippen LogP contribution is 2.12. The Balaban J connectivity index is 2.15. The van der Waals surface area contributed by atoms with Crippen LogP contribution in [0.15, 0.2) is 0 Å². The summed E-state index contributed by atoms with van der Waals surface area (Å²) in [7, 11) is 0. The van der Waals surface area contributed by atoms with Crippen molar-refractivity contribution in [1.82, 2.24) is 5.32 Å². The fourth-order valence-corrected chi connectivity index (χ4v) is 1.41. The molecule has 14 heavy (non-hydrogen) atoms. The number of carbonyl (C=O) groups excluding carboxylic acids is 1. The van der Waals surface area contributed by atoms with Crippen molar-refractivity contribution in [2.75, 3.05) is 26.4 Å². The highest BCUT2D eigenvalue weighted by Gasteiger charge is 2.16. The first-order valence-corrected chi connectivity index (χ1v) is 4.96. The van der Waals surface area contributed by atoms with Crippen LogP contribution in [0.25, 0.3) is 0 Å². The Kier molecular flexibility index (Phi) is 4.86. The lowest BCUT2D eigenvalue weighted by molar-refractivity contribution is -0.123.